The van der Waals surface area contributed by atoms with Crippen LogP contribution in [-0.4, -0.2) is 36.2 Å². The first-order chi connectivity index (χ1) is 18.8. The van der Waals surface area contributed by atoms with Gasteiger partial charge in [0.2, 0.25) is 0 Å². The van der Waals surface area contributed by atoms with Gasteiger partial charge in [-0.1, -0.05) is 38.6 Å². The van der Waals surface area contributed by atoms with Gasteiger partial charge in [-0.2, -0.15) is 9.78 Å². The first-order valence-corrected chi connectivity index (χ1v) is 13.5. The second-order valence-electron chi connectivity index (χ2n) is 9.24. The van der Waals surface area contributed by atoms with Crippen LogP contribution in [0, 0.1) is 6.92 Å². The lowest BCUT2D eigenvalue weighted by molar-refractivity contribution is 0.324. The van der Waals surface area contributed by atoms with E-state index in [2.05, 4.69) is 47.5 Å². The Hall–Kier alpha value is -3.91. The molecular weight excluding hydrogens is 558 g/mol. The molecule has 7 nitrogen and oxygen atoms in total. The largest absolute Gasteiger partial charge is 0.494 e. The molecule has 1 heterocycles. The van der Waals surface area contributed by atoms with Gasteiger partial charge in [-0.05, 0) is 88.8 Å². The molecule has 0 N–H and O–H groups in total. The molecular formula is C31H32BrN3O4. The highest BCUT2D eigenvalue weighted by Crippen LogP contribution is 2.37. The lowest BCUT2D eigenvalue weighted by atomic mass is 9.96. The number of aromatic nitrogens is 2. The van der Waals surface area contributed by atoms with Gasteiger partial charge in [0.1, 0.15) is 12.4 Å². The molecule has 0 amide bonds. The van der Waals surface area contributed by atoms with Crippen molar-refractivity contribution in [3.63, 3.8) is 0 Å². The molecule has 3 aromatic carbocycles. The number of nitrogens with zero attached hydrogens (tertiary/aromatic N) is 3. The molecule has 0 unspecified atom stereocenters. The molecule has 0 aliphatic heterocycles. The minimum atomic E-state index is -0.261. The lowest BCUT2D eigenvalue weighted by Gasteiger charge is -2.18. The molecule has 0 radical (unpaired) electrons. The SMILES string of the molecule is C=CCOc1c(Br)cc(C=Nn2c(-c3cc(C(C)C)c(OCC)cc3C)nc3ccccc3c2=O)cc1OC. The Kier molecular flexibility index (Phi) is 8.86. The highest BCUT2D eigenvalue weighted by molar-refractivity contribution is 9.10. The van der Waals surface area contributed by atoms with Crippen LogP contribution < -0.4 is 19.8 Å². The summed E-state index contributed by atoms with van der Waals surface area (Å²) in [5.74, 6) is 2.59. The Morgan fingerprint density at radius 1 is 1.13 bits per heavy atom. The summed E-state index contributed by atoms with van der Waals surface area (Å²) >= 11 is 3.55. The number of rotatable bonds is 10. The number of para-hydroxylation sites is 1. The van der Waals surface area contributed by atoms with Gasteiger partial charge in [0.15, 0.2) is 17.3 Å². The quantitative estimate of drug-likeness (QED) is 0.145. The molecule has 1 aromatic heterocycles. The third-order valence-corrected chi connectivity index (χ3v) is 6.78. The molecule has 202 valence electrons. The normalized spacial score (nSPS) is 11.4. The fourth-order valence-corrected chi connectivity index (χ4v) is 4.87. The molecule has 8 heteroatoms. The molecule has 0 aliphatic rings. The Labute approximate surface area is 236 Å². The predicted molar refractivity (Wildman–Crippen MR) is 161 cm³/mol. The van der Waals surface area contributed by atoms with Crippen LogP contribution in [0.2, 0.25) is 0 Å². The van der Waals surface area contributed by atoms with E-state index in [0.717, 1.165) is 22.4 Å². The van der Waals surface area contributed by atoms with Gasteiger partial charge < -0.3 is 14.2 Å². The first-order valence-electron chi connectivity index (χ1n) is 12.7. The summed E-state index contributed by atoms with van der Waals surface area (Å²) in [5, 5.41) is 5.12. The molecule has 0 atom stereocenters. The van der Waals surface area contributed by atoms with E-state index in [-0.39, 0.29) is 11.5 Å². The highest BCUT2D eigenvalue weighted by Gasteiger charge is 2.19. The molecule has 0 saturated carbocycles. The van der Waals surface area contributed by atoms with Crippen molar-refractivity contribution in [2.75, 3.05) is 20.3 Å². The zero-order valence-electron chi connectivity index (χ0n) is 22.8. The van der Waals surface area contributed by atoms with Crippen LogP contribution in [-0.2, 0) is 0 Å². The van der Waals surface area contributed by atoms with Crippen molar-refractivity contribution in [2.45, 2.75) is 33.6 Å². The smallest absolute Gasteiger partial charge is 0.282 e. The third kappa shape index (κ3) is 5.91. The molecule has 4 aromatic rings. The van der Waals surface area contributed by atoms with Crippen LogP contribution in [0.25, 0.3) is 22.3 Å². The van der Waals surface area contributed by atoms with Crippen molar-refractivity contribution in [1.29, 1.82) is 0 Å². The van der Waals surface area contributed by atoms with Crippen molar-refractivity contribution >= 4 is 33.0 Å². The summed E-state index contributed by atoms with van der Waals surface area (Å²) < 4.78 is 19.2. The Morgan fingerprint density at radius 2 is 1.90 bits per heavy atom. The summed E-state index contributed by atoms with van der Waals surface area (Å²) in [6, 6.07) is 15.0. The van der Waals surface area contributed by atoms with Gasteiger partial charge in [-0.3, -0.25) is 4.79 Å². The summed E-state index contributed by atoms with van der Waals surface area (Å²) in [4.78, 5) is 18.6. The van der Waals surface area contributed by atoms with E-state index in [0.29, 0.717) is 51.5 Å². The summed E-state index contributed by atoms with van der Waals surface area (Å²) in [6.45, 7) is 12.8. The van der Waals surface area contributed by atoms with Gasteiger partial charge in [0.25, 0.3) is 5.56 Å². The summed E-state index contributed by atoms with van der Waals surface area (Å²) in [7, 11) is 1.57. The fourth-order valence-electron chi connectivity index (χ4n) is 4.30. The second-order valence-corrected chi connectivity index (χ2v) is 10.1. The van der Waals surface area contributed by atoms with Crippen LogP contribution in [0.3, 0.4) is 0 Å². The van der Waals surface area contributed by atoms with Gasteiger partial charge in [-0.15, -0.1) is 0 Å². The topological polar surface area (TPSA) is 74.9 Å². The predicted octanol–water partition coefficient (Wildman–Crippen LogP) is 7.11. The number of hydrogen-bond donors (Lipinski definition) is 0. The van der Waals surface area contributed by atoms with E-state index in [4.69, 9.17) is 19.2 Å². The Morgan fingerprint density at radius 3 is 2.59 bits per heavy atom. The Balaban J connectivity index is 1.92. The number of aryl methyl sites for hydroxylation is 1. The number of halogens is 1. The second kappa shape index (κ2) is 12.3. The zero-order chi connectivity index (χ0) is 28.1. The molecule has 0 bridgehead atoms. The number of ether oxygens (including phenoxy) is 3. The van der Waals surface area contributed by atoms with E-state index < -0.39 is 0 Å². The van der Waals surface area contributed by atoms with Crippen molar-refractivity contribution in [1.82, 2.24) is 9.66 Å². The first kappa shape index (κ1) is 28.1. The van der Waals surface area contributed by atoms with Crippen LogP contribution >= 0.6 is 15.9 Å². The number of fused-ring (bicyclic) bond motifs is 1. The van der Waals surface area contributed by atoms with E-state index in [1.807, 2.05) is 44.2 Å². The van der Waals surface area contributed by atoms with Gasteiger partial charge >= 0.3 is 0 Å². The van der Waals surface area contributed by atoms with Crippen molar-refractivity contribution in [3.05, 3.63) is 92.7 Å². The molecule has 0 fully saturated rings. The minimum Gasteiger partial charge on any atom is -0.494 e. The molecule has 0 saturated heterocycles. The third-order valence-electron chi connectivity index (χ3n) is 6.19. The van der Waals surface area contributed by atoms with Crippen LogP contribution in [0.4, 0.5) is 0 Å². The lowest BCUT2D eigenvalue weighted by Crippen LogP contribution is -2.21. The van der Waals surface area contributed by atoms with Crippen molar-refractivity contribution in [2.24, 2.45) is 5.10 Å². The molecule has 4 rings (SSSR count). The van der Waals surface area contributed by atoms with Crippen LogP contribution in [0.5, 0.6) is 17.2 Å². The average Bonchev–Trinajstić information content (AvgIpc) is 2.91. The number of benzene rings is 3. The highest BCUT2D eigenvalue weighted by atomic mass is 79.9. The van der Waals surface area contributed by atoms with E-state index in [1.165, 1.54) is 4.68 Å². The summed E-state index contributed by atoms with van der Waals surface area (Å²) in [5.41, 5.74) is 3.84. The molecule has 0 aliphatic carbocycles. The monoisotopic (exact) mass is 589 g/mol. The van der Waals surface area contributed by atoms with E-state index in [1.54, 1.807) is 31.5 Å². The fraction of sp³-hybridized carbons (Fsp3) is 0.258. The molecule has 0 spiro atoms. The van der Waals surface area contributed by atoms with E-state index in [9.17, 15) is 4.79 Å². The maximum absolute atomic E-state index is 13.7. The maximum Gasteiger partial charge on any atom is 0.282 e. The Bertz CT molecular complexity index is 1610. The van der Waals surface area contributed by atoms with Crippen LogP contribution in [0.15, 0.2) is 75.6 Å². The minimum absolute atomic E-state index is 0.210. The maximum atomic E-state index is 13.7. The molecule has 39 heavy (non-hydrogen) atoms. The van der Waals surface area contributed by atoms with E-state index >= 15 is 0 Å². The standard InChI is InChI=1S/C31H32BrN3O4/c1-7-13-39-29-25(32)15-21(16-28(29)37-6)18-33-35-30(34-26-12-10-9-11-22(26)31(35)36)24-17-23(19(3)4)27(38-8-2)14-20(24)5/h7,9-12,14-19H,1,8,13H2,2-6H3. The van der Waals surface area contributed by atoms with Crippen molar-refractivity contribution in [3.8, 4) is 28.6 Å². The van der Waals surface area contributed by atoms with Gasteiger partial charge in [0.05, 0.1) is 35.3 Å². The summed E-state index contributed by atoms with van der Waals surface area (Å²) in [6.07, 6.45) is 3.27. The van der Waals surface area contributed by atoms with Gasteiger partial charge in [-0.25, -0.2) is 4.98 Å². The van der Waals surface area contributed by atoms with Crippen LogP contribution in [0.1, 0.15) is 43.4 Å². The number of hydrogen-bond acceptors (Lipinski definition) is 6. The van der Waals surface area contributed by atoms with Gasteiger partial charge in [0, 0.05) is 5.56 Å². The zero-order valence-corrected chi connectivity index (χ0v) is 24.4. The van der Waals surface area contributed by atoms with Crippen molar-refractivity contribution < 1.29 is 14.2 Å². The number of methoxy groups -OCH3 is 1. The average molecular weight is 591 g/mol.